The molecule has 0 fully saturated rings. The number of para-hydroxylation sites is 1. The van der Waals surface area contributed by atoms with E-state index in [-0.39, 0.29) is 6.61 Å². The zero-order chi connectivity index (χ0) is 16.2. The third kappa shape index (κ3) is 3.64. The number of carbonyl (C=O) groups excluding carboxylic acids is 2. The molecule has 3 N–H and O–H groups in total. The van der Waals surface area contributed by atoms with Gasteiger partial charge in [0.15, 0.2) is 11.7 Å². The fraction of sp³-hybridized carbons (Fsp3) is 0.0625. The van der Waals surface area contributed by atoms with Crippen molar-refractivity contribution in [1.82, 2.24) is 4.98 Å². The van der Waals surface area contributed by atoms with Crippen LogP contribution < -0.4 is 11.1 Å². The molecule has 0 atom stereocenters. The lowest BCUT2D eigenvalue weighted by Crippen LogP contribution is -2.20. The van der Waals surface area contributed by atoms with E-state index in [4.69, 9.17) is 10.5 Å². The number of aromatic nitrogens is 1. The van der Waals surface area contributed by atoms with Crippen LogP contribution in [0.1, 0.15) is 10.4 Å². The highest BCUT2D eigenvalue weighted by atomic mass is 32.1. The maximum atomic E-state index is 11.8. The molecule has 3 aromatic rings. The number of amides is 1. The van der Waals surface area contributed by atoms with E-state index in [2.05, 4.69) is 10.3 Å². The van der Waals surface area contributed by atoms with Crippen LogP contribution in [0.4, 0.5) is 10.8 Å². The number of benzene rings is 2. The minimum absolute atomic E-state index is 0.304. The van der Waals surface area contributed by atoms with Crippen LogP contribution in [0.25, 0.3) is 10.2 Å². The Bertz CT molecular complexity index is 843. The van der Waals surface area contributed by atoms with Crippen molar-refractivity contribution >= 4 is 44.2 Å². The number of fused-ring (bicyclic) bond motifs is 1. The second-order valence-electron chi connectivity index (χ2n) is 4.74. The summed E-state index contributed by atoms with van der Waals surface area (Å²) in [4.78, 5) is 27.9. The number of hydrogen-bond acceptors (Lipinski definition) is 6. The van der Waals surface area contributed by atoms with Crippen molar-refractivity contribution in [2.24, 2.45) is 0 Å². The van der Waals surface area contributed by atoms with Crippen molar-refractivity contribution in [3.8, 4) is 0 Å². The largest absolute Gasteiger partial charge is 0.452 e. The maximum absolute atomic E-state index is 11.8. The van der Waals surface area contributed by atoms with Crippen molar-refractivity contribution < 1.29 is 14.3 Å². The summed E-state index contributed by atoms with van der Waals surface area (Å²) in [6.07, 6.45) is 0. The predicted octanol–water partition coefficient (Wildman–Crippen LogP) is 2.67. The Morgan fingerprint density at radius 1 is 1.17 bits per heavy atom. The molecule has 0 unspecified atom stereocenters. The van der Waals surface area contributed by atoms with E-state index in [0.717, 1.165) is 10.2 Å². The van der Waals surface area contributed by atoms with E-state index in [1.807, 2.05) is 24.3 Å². The molecule has 1 amide bonds. The summed E-state index contributed by atoms with van der Waals surface area (Å²) in [7, 11) is 0. The zero-order valence-corrected chi connectivity index (χ0v) is 12.8. The summed E-state index contributed by atoms with van der Waals surface area (Å²) in [5.74, 6) is -1.04. The predicted molar refractivity (Wildman–Crippen MR) is 89.4 cm³/mol. The SMILES string of the molecule is Nc1cccc(C(=O)OCC(=O)Nc2nc3ccccc3s2)c1. The summed E-state index contributed by atoms with van der Waals surface area (Å²) >= 11 is 1.36. The Morgan fingerprint density at radius 2 is 2.00 bits per heavy atom. The molecule has 0 bridgehead atoms. The van der Waals surface area contributed by atoms with Crippen LogP contribution in [-0.2, 0) is 9.53 Å². The average molecular weight is 327 g/mol. The van der Waals surface area contributed by atoms with Gasteiger partial charge in [-0.3, -0.25) is 10.1 Å². The first-order chi connectivity index (χ1) is 11.1. The molecule has 2 aromatic carbocycles. The van der Waals surface area contributed by atoms with Gasteiger partial charge >= 0.3 is 5.97 Å². The molecule has 1 heterocycles. The van der Waals surface area contributed by atoms with E-state index in [1.54, 1.807) is 18.2 Å². The van der Waals surface area contributed by atoms with Crippen LogP contribution in [0, 0.1) is 0 Å². The fourth-order valence-corrected chi connectivity index (χ4v) is 2.84. The quantitative estimate of drug-likeness (QED) is 0.567. The Kier molecular flexibility index (Phi) is 4.20. The van der Waals surface area contributed by atoms with Gasteiger partial charge in [0.2, 0.25) is 0 Å². The smallest absolute Gasteiger partial charge is 0.338 e. The highest BCUT2D eigenvalue weighted by molar-refractivity contribution is 7.22. The zero-order valence-electron chi connectivity index (χ0n) is 12.0. The summed E-state index contributed by atoms with van der Waals surface area (Å²) < 4.78 is 5.93. The van der Waals surface area contributed by atoms with Crippen LogP contribution in [0.5, 0.6) is 0 Å². The van der Waals surface area contributed by atoms with Crippen molar-refractivity contribution in [1.29, 1.82) is 0 Å². The number of thiazole rings is 1. The first-order valence-corrected chi connectivity index (χ1v) is 7.61. The summed E-state index contributed by atoms with van der Waals surface area (Å²) in [6, 6.07) is 13.9. The van der Waals surface area contributed by atoms with E-state index < -0.39 is 11.9 Å². The van der Waals surface area contributed by atoms with Gasteiger partial charge in [0, 0.05) is 5.69 Å². The van der Waals surface area contributed by atoms with E-state index in [1.165, 1.54) is 17.4 Å². The molecule has 23 heavy (non-hydrogen) atoms. The molecule has 6 nitrogen and oxygen atoms in total. The molecule has 0 aliphatic rings. The van der Waals surface area contributed by atoms with E-state index in [0.29, 0.717) is 16.4 Å². The summed E-state index contributed by atoms with van der Waals surface area (Å²) in [5.41, 5.74) is 7.17. The monoisotopic (exact) mass is 327 g/mol. The number of rotatable bonds is 4. The molecule has 116 valence electrons. The minimum atomic E-state index is -0.600. The molecular formula is C16H13N3O3S. The molecule has 0 radical (unpaired) electrons. The summed E-state index contributed by atoms with van der Waals surface area (Å²) in [5, 5.41) is 3.08. The highest BCUT2D eigenvalue weighted by Crippen LogP contribution is 2.25. The third-order valence-electron chi connectivity index (χ3n) is 3.00. The molecule has 3 rings (SSSR count). The number of nitrogens with two attached hydrogens (primary N) is 1. The van der Waals surface area contributed by atoms with Crippen molar-refractivity contribution in [3.63, 3.8) is 0 Å². The van der Waals surface area contributed by atoms with Crippen LogP contribution in [0.15, 0.2) is 48.5 Å². The lowest BCUT2D eigenvalue weighted by atomic mass is 10.2. The first-order valence-electron chi connectivity index (χ1n) is 6.80. The van der Waals surface area contributed by atoms with E-state index in [9.17, 15) is 9.59 Å². The van der Waals surface area contributed by atoms with Crippen LogP contribution in [-0.4, -0.2) is 23.5 Å². The first kappa shape index (κ1) is 15.0. The number of nitrogens with one attached hydrogen (secondary N) is 1. The second-order valence-corrected chi connectivity index (χ2v) is 5.77. The van der Waals surface area contributed by atoms with Crippen LogP contribution >= 0.6 is 11.3 Å². The topological polar surface area (TPSA) is 94.3 Å². The summed E-state index contributed by atoms with van der Waals surface area (Å²) in [6.45, 7) is -0.385. The van der Waals surface area contributed by atoms with Crippen LogP contribution in [0.2, 0.25) is 0 Å². The number of hydrogen-bond donors (Lipinski definition) is 2. The standard InChI is InChI=1S/C16H13N3O3S/c17-11-5-3-4-10(8-11)15(21)22-9-14(20)19-16-18-12-6-1-2-7-13(12)23-16/h1-8H,9,17H2,(H,18,19,20). The van der Waals surface area contributed by atoms with Gasteiger partial charge in [-0.05, 0) is 30.3 Å². The van der Waals surface area contributed by atoms with E-state index >= 15 is 0 Å². The number of esters is 1. The number of carbonyl (C=O) groups is 2. The molecule has 0 aliphatic heterocycles. The highest BCUT2D eigenvalue weighted by Gasteiger charge is 2.12. The molecule has 1 aromatic heterocycles. The number of ether oxygens (including phenoxy) is 1. The van der Waals surface area contributed by atoms with Crippen molar-refractivity contribution in [2.75, 3.05) is 17.7 Å². The lowest BCUT2D eigenvalue weighted by molar-refractivity contribution is -0.119. The van der Waals surface area contributed by atoms with Gasteiger partial charge in [-0.2, -0.15) is 0 Å². The molecule has 0 spiro atoms. The van der Waals surface area contributed by atoms with Gasteiger partial charge in [0.1, 0.15) is 0 Å². The number of anilines is 2. The average Bonchev–Trinajstić information content (AvgIpc) is 2.94. The van der Waals surface area contributed by atoms with Gasteiger partial charge in [0.05, 0.1) is 15.8 Å². The van der Waals surface area contributed by atoms with Crippen LogP contribution in [0.3, 0.4) is 0 Å². The van der Waals surface area contributed by atoms with Gasteiger partial charge in [-0.15, -0.1) is 0 Å². The minimum Gasteiger partial charge on any atom is -0.452 e. The van der Waals surface area contributed by atoms with Crippen molar-refractivity contribution in [2.45, 2.75) is 0 Å². The maximum Gasteiger partial charge on any atom is 0.338 e. The Labute approximate surface area is 135 Å². The molecular weight excluding hydrogens is 314 g/mol. The van der Waals surface area contributed by atoms with Gasteiger partial charge in [-0.25, -0.2) is 9.78 Å². The lowest BCUT2D eigenvalue weighted by Gasteiger charge is -2.05. The normalized spacial score (nSPS) is 10.4. The number of nitrogen functional groups attached to an aromatic ring is 1. The van der Waals surface area contributed by atoms with Gasteiger partial charge in [0.25, 0.3) is 5.91 Å². The Morgan fingerprint density at radius 3 is 2.78 bits per heavy atom. The third-order valence-corrected chi connectivity index (χ3v) is 3.95. The molecule has 0 saturated carbocycles. The Hall–Kier alpha value is -2.93. The van der Waals surface area contributed by atoms with Crippen molar-refractivity contribution in [3.05, 3.63) is 54.1 Å². The molecule has 0 aliphatic carbocycles. The second kappa shape index (κ2) is 6.45. The Balaban J connectivity index is 1.58. The van der Waals surface area contributed by atoms with Gasteiger partial charge in [-0.1, -0.05) is 29.5 Å². The molecule has 0 saturated heterocycles. The fourth-order valence-electron chi connectivity index (χ4n) is 1.96. The number of nitrogens with zero attached hydrogens (tertiary/aromatic N) is 1. The molecule has 7 heteroatoms. The van der Waals surface area contributed by atoms with Gasteiger partial charge < -0.3 is 10.5 Å².